The lowest BCUT2D eigenvalue weighted by Gasteiger charge is -2.20. The molecule has 1 aromatic rings. The number of hydrogen-bond acceptors (Lipinski definition) is 6. The maximum absolute atomic E-state index is 12.2. The molecule has 0 aromatic carbocycles. The predicted octanol–water partition coefficient (Wildman–Crippen LogP) is 0.936. The van der Waals surface area contributed by atoms with E-state index in [1.54, 1.807) is 0 Å². The summed E-state index contributed by atoms with van der Waals surface area (Å²) < 4.78 is 0. The van der Waals surface area contributed by atoms with Gasteiger partial charge in [-0.05, 0) is 32.7 Å². The van der Waals surface area contributed by atoms with Crippen molar-refractivity contribution >= 4 is 22.4 Å². The summed E-state index contributed by atoms with van der Waals surface area (Å²) in [7, 11) is 0. The Morgan fingerprint density at radius 1 is 1.42 bits per heavy atom. The van der Waals surface area contributed by atoms with Gasteiger partial charge in [0, 0.05) is 25.2 Å². The molecule has 104 valence electrons. The SMILES string of the molecule is CCNc1nnc(C(=O)NC2CCN3CCCC23)s1. The van der Waals surface area contributed by atoms with Crippen molar-refractivity contribution < 1.29 is 4.79 Å². The van der Waals surface area contributed by atoms with Crippen molar-refractivity contribution in [3.8, 4) is 0 Å². The molecule has 2 saturated heterocycles. The van der Waals surface area contributed by atoms with Crippen LogP contribution in [0.4, 0.5) is 5.13 Å². The Balaban J connectivity index is 1.61. The topological polar surface area (TPSA) is 70.1 Å². The molecule has 19 heavy (non-hydrogen) atoms. The molecule has 2 unspecified atom stereocenters. The summed E-state index contributed by atoms with van der Waals surface area (Å²) in [6.45, 7) is 5.07. The standard InChI is InChI=1S/C12H19N5OS/c1-2-13-12-16-15-11(19-12)10(18)14-8-5-7-17-6-3-4-9(8)17/h8-9H,2-7H2,1H3,(H,13,16)(H,14,18). The molecule has 0 aliphatic carbocycles. The van der Waals surface area contributed by atoms with E-state index in [0.717, 1.165) is 19.5 Å². The fraction of sp³-hybridized carbons (Fsp3) is 0.750. The summed E-state index contributed by atoms with van der Waals surface area (Å²) in [5.74, 6) is -0.0830. The molecular formula is C12H19N5OS. The lowest BCUT2D eigenvalue weighted by molar-refractivity contribution is 0.0928. The van der Waals surface area contributed by atoms with Gasteiger partial charge in [0.1, 0.15) is 0 Å². The van der Waals surface area contributed by atoms with Crippen LogP contribution in [0, 0.1) is 0 Å². The van der Waals surface area contributed by atoms with Crippen molar-refractivity contribution in [2.24, 2.45) is 0 Å². The summed E-state index contributed by atoms with van der Waals surface area (Å²) in [5, 5.41) is 15.2. The number of carbonyl (C=O) groups excluding carboxylic acids is 1. The third kappa shape index (κ3) is 2.57. The first-order valence-electron chi connectivity index (χ1n) is 6.90. The van der Waals surface area contributed by atoms with Crippen LogP contribution in [0.25, 0.3) is 0 Å². The lowest BCUT2D eigenvalue weighted by atomic mass is 10.1. The van der Waals surface area contributed by atoms with E-state index in [0.29, 0.717) is 16.2 Å². The van der Waals surface area contributed by atoms with Crippen LogP contribution in [0.15, 0.2) is 0 Å². The van der Waals surface area contributed by atoms with E-state index < -0.39 is 0 Å². The summed E-state index contributed by atoms with van der Waals surface area (Å²) in [6, 6.07) is 0.812. The Kier molecular flexibility index (Phi) is 3.65. The van der Waals surface area contributed by atoms with Gasteiger partial charge in [0.05, 0.1) is 0 Å². The maximum Gasteiger partial charge on any atom is 0.282 e. The largest absolute Gasteiger partial charge is 0.360 e. The Morgan fingerprint density at radius 3 is 3.16 bits per heavy atom. The van der Waals surface area contributed by atoms with Crippen LogP contribution in [-0.4, -0.2) is 52.7 Å². The highest BCUT2D eigenvalue weighted by atomic mass is 32.1. The smallest absolute Gasteiger partial charge is 0.282 e. The molecule has 3 rings (SSSR count). The van der Waals surface area contributed by atoms with Gasteiger partial charge in [-0.1, -0.05) is 11.3 Å². The zero-order chi connectivity index (χ0) is 13.2. The second-order valence-corrected chi connectivity index (χ2v) is 6.03. The fourth-order valence-electron chi connectivity index (χ4n) is 3.02. The van der Waals surface area contributed by atoms with Crippen LogP contribution in [0.2, 0.25) is 0 Å². The number of carbonyl (C=O) groups is 1. The van der Waals surface area contributed by atoms with Crippen molar-refractivity contribution in [3.05, 3.63) is 5.01 Å². The quantitative estimate of drug-likeness (QED) is 0.859. The molecule has 2 aliphatic heterocycles. The van der Waals surface area contributed by atoms with E-state index in [-0.39, 0.29) is 11.9 Å². The van der Waals surface area contributed by atoms with Gasteiger partial charge in [-0.3, -0.25) is 9.69 Å². The molecule has 1 amide bonds. The van der Waals surface area contributed by atoms with Crippen LogP contribution < -0.4 is 10.6 Å². The van der Waals surface area contributed by atoms with Crippen molar-refractivity contribution in [1.82, 2.24) is 20.4 Å². The molecule has 6 nitrogen and oxygen atoms in total. The summed E-state index contributed by atoms with van der Waals surface area (Å²) in [5.41, 5.74) is 0. The van der Waals surface area contributed by atoms with Crippen LogP contribution >= 0.6 is 11.3 Å². The number of amides is 1. The number of aromatic nitrogens is 2. The molecule has 7 heteroatoms. The third-order valence-electron chi connectivity index (χ3n) is 3.87. The first-order chi connectivity index (χ1) is 9.28. The molecule has 3 heterocycles. The lowest BCUT2D eigenvalue weighted by Crippen LogP contribution is -2.42. The van der Waals surface area contributed by atoms with Gasteiger partial charge < -0.3 is 10.6 Å². The summed E-state index contributed by atoms with van der Waals surface area (Å²) >= 11 is 1.32. The minimum absolute atomic E-state index is 0.0830. The molecule has 0 saturated carbocycles. The Labute approximate surface area is 116 Å². The van der Waals surface area contributed by atoms with Crippen LogP contribution in [0.3, 0.4) is 0 Å². The maximum atomic E-state index is 12.2. The van der Waals surface area contributed by atoms with Gasteiger partial charge >= 0.3 is 0 Å². The van der Waals surface area contributed by atoms with E-state index in [1.165, 1.54) is 30.7 Å². The average Bonchev–Trinajstić information content (AvgIpc) is 3.07. The number of anilines is 1. The Morgan fingerprint density at radius 2 is 2.32 bits per heavy atom. The molecule has 2 fully saturated rings. The molecular weight excluding hydrogens is 262 g/mol. The molecule has 0 spiro atoms. The minimum atomic E-state index is -0.0830. The van der Waals surface area contributed by atoms with E-state index >= 15 is 0 Å². The van der Waals surface area contributed by atoms with E-state index in [2.05, 4.69) is 25.7 Å². The van der Waals surface area contributed by atoms with E-state index in [9.17, 15) is 4.79 Å². The highest BCUT2D eigenvalue weighted by Gasteiger charge is 2.38. The highest BCUT2D eigenvalue weighted by molar-refractivity contribution is 7.17. The van der Waals surface area contributed by atoms with Crippen LogP contribution in [0.5, 0.6) is 0 Å². The minimum Gasteiger partial charge on any atom is -0.360 e. The second-order valence-electron chi connectivity index (χ2n) is 5.06. The normalized spacial score (nSPS) is 26.4. The van der Waals surface area contributed by atoms with Crippen molar-refractivity contribution in [1.29, 1.82) is 0 Å². The first kappa shape index (κ1) is 12.8. The van der Waals surface area contributed by atoms with E-state index in [4.69, 9.17) is 0 Å². The predicted molar refractivity (Wildman–Crippen MR) is 74.5 cm³/mol. The molecule has 1 aromatic heterocycles. The molecule has 2 aliphatic rings. The molecule has 0 radical (unpaired) electrons. The number of nitrogens with one attached hydrogen (secondary N) is 2. The second kappa shape index (κ2) is 5.42. The van der Waals surface area contributed by atoms with Gasteiger partial charge in [0.15, 0.2) is 0 Å². The van der Waals surface area contributed by atoms with Crippen LogP contribution in [-0.2, 0) is 0 Å². The van der Waals surface area contributed by atoms with Crippen molar-refractivity contribution in [3.63, 3.8) is 0 Å². The van der Waals surface area contributed by atoms with Gasteiger partial charge in [0.25, 0.3) is 5.91 Å². The van der Waals surface area contributed by atoms with Gasteiger partial charge in [-0.25, -0.2) is 0 Å². The molecule has 2 N–H and O–H groups in total. The zero-order valence-electron chi connectivity index (χ0n) is 11.1. The van der Waals surface area contributed by atoms with Crippen molar-refractivity contribution in [2.75, 3.05) is 25.0 Å². The number of nitrogens with zero attached hydrogens (tertiary/aromatic N) is 3. The van der Waals surface area contributed by atoms with Gasteiger partial charge in [-0.2, -0.15) is 0 Å². The molecule has 2 atom stereocenters. The van der Waals surface area contributed by atoms with E-state index in [1.807, 2.05) is 6.92 Å². The number of fused-ring (bicyclic) bond motifs is 1. The monoisotopic (exact) mass is 281 g/mol. The van der Waals surface area contributed by atoms with Crippen molar-refractivity contribution in [2.45, 2.75) is 38.3 Å². The highest BCUT2D eigenvalue weighted by Crippen LogP contribution is 2.28. The summed E-state index contributed by atoms with van der Waals surface area (Å²) in [4.78, 5) is 14.6. The Bertz CT molecular complexity index is 463. The fourth-order valence-corrected chi connectivity index (χ4v) is 3.73. The average molecular weight is 281 g/mol. The molecule has 0 bridgehead atoms. The van der Waals surface area contributed by atoms with Crippen LogP contribution in [0.1, 0.15) is 36.0 Å². The third-order valence-corrected chi connectivity index (χ3v) is 4.75. The number of rotatable bonds is 4. The zero-order valence-corrected chi connectivity index (χ0v) is 11.9. The first-order valence-corrected chi connectivity index (χ1v) is 7.72. The number of hydrogen-bond donors (Lipinski definition) is 2. The van der Waals surface area contributed by atoms with Gasteiger partial charge in [-0.15, -0.1) is 10.2 Å². The summed E-state index contributed by atoms with van der Waals surface area (Å²) in [6.07, 6.45) is 3.50. The van der Waals surface area contributed by atoms with Gasteiger partial charge in [0.2, 0.25) is 10.1 Å². The Hall–Kier alpha value is -1.21.